The van der Waals surface area contributed by atoms with E-state index in [9.17, 15) is 17.6 Å². The fraction of sp³-hybridized carbons (Fsp3) is 0.381. The second-order valence-electron chi connectivity index (χ2n) is 7.76. The fourth-order valence-electron chi connectivity index (χ4n) is 2.66. The highest BCUT2D eigenvalue weighted by molar-refractivity contribution is 7.89. The molecule has 0 saturated heterocycles. The summed E-state index contributed by atoms with van der Waals surface area (Å²) >= 11 is 0. The highest BCUT2D eigenvalue weighted by atomic mass is 32.2. The number of sulfonamides is 1. The molecule has 2 aromatic rings. The molecule has 0 radical (unpaired) electrons. The SMILES string of the molecule is CC(NC(=O)CCNS(=O)(=O)c1ccc(C(C)(C)C)cc1)c1ccc(F)cc1. The van der Waals surface area contributed by atoms with Crippen molar-refractivity contribution < 1.29 is 17.6 Å². The number of rotatable bonds is 7. The Morgan fingerprint density at radius 2 is 1.61 bits per heavy atom. The number of hydrogen-bond acceptors (Lipinski definition) is 3. The molecule has 0 saturated carbocycles. The summed E-state index contributed by atoms with van der Waals surface area (Å²) in [6.45, 7) is 7.94. The van der Waals surface area contributed by atoms with Crippen LogP contribution in [0, 0.1) is 5.82 Å². The Kier molecular flexibility index (Phi) is 6.96. The summed E-state index contributed by atoms with van der Waals surface area (Å²) in [7, 11) is -3.68. The molecular formula is C21H27FN2O3S. The number of carbonyl (C=O) groups is 1. The van der Waals surface area contributed by atoms with E-state index in [0.717, 1.165) is 11.1 Å². The molecule has 2 N–H and O–H groups in total. The van der Waals surface area contributed by atoms with Gasteiger partial charge in [-0.1, -0.05) is 45.0 Å². The average Bonchev–Trinajstić information content (AvgIpc) is 2.61. The lowest BCUT2D eigenvalue weighted by atomic mass is 9.87. The molecule has 0 aliphatic heterocycles. The van der Waals surface area contributed by atoms with Gasteiger partial charge in [0.1, 0.15) is 5.82 Å². The minimum absolute atomic E-state index is 0.00480. The van der Waals surface area contributed by atoms with Crippen molar-refractivity contribution >= 4 is 15.9 Å². The third-order valence-corrected chi connectivity index (χ3v) is 5.90. The summed E-state index contributed by atoms with van der Waals surface area (Å²) in [6, 6.07) is 12.3. The monoisotopic (exact) mass is 406 g/mol. The summed E-state index contributed by atoms with van der Waals surface area (Å²) in [4.78, 5) is 12.2. The Morgan fingerprint density at radius 1 is 1.04 bits per heavy atom. The molecule has 0 heterocycles. The molecule has 1 unspecified atom stereocenters. The highest BCUT2D eigenvalue weighted by Crippen LogP contribution is 2.23. The van der Waals surface area contributed by atoms with Crippen LogP contribution in [0.1, 0.15) is 51.3 Å². The maximum absolute atomic E-state index is 13.0. The van der Waals surface area contributed by atoms with Crippen molar-refractivity contribution in [1.29, 1.82) is 0 Å². The van der Waals surface area contributed by atoms with E-state index in [0.29, 0.717) is 0 Å². The van der Waals surface area contributed by atoms with E-state index < -0.39 is 10.0 Å². The van der Waals surface area contributed by atoms with E-state index in [1.165, 1.54) is 12.1 Å². The van der Waals surface area contributed by atoms with Crippen LogP contribution >= 0.6 is 0 Å². The molecular weight excluding hydrogens is 379 g/mol. The second-order valence-corrected chi connectivity index (χ2v) is 9.53. The van der Waals surface area contributed by atoms with Crippen LogP contribution in [-0.2, 0) is 20.2 Å². The molecule has 0 aromatic heterocycles. The van der Waals surface area contributed by atoms with Gasteiger partial charge in [-0.2, -0.15) is 0 Å². The van der Waals surface area contributed by atoms with Gasteiger partial charge in [0.15, 0.2) is 0 Å². The first-order valence-electron chi connectivity index (χ1n) is 9.14. The normalized spacial score (nSPS) is 13.2. The summed E-state index contributed by atoms with van der Waals surface area (Å²) in [6.07, 6.45) is 0.00480. The lowest BCUT2D eigenvalue weighted by Crippen LogP contribution is -2.32. The topological polar surface area (TPSA) is 75.3 Å². The summed E-state index contributed by atoms with van der Waals surface area (Å²) in [5.74, 6) is -0.630. The maximum Gasteiger partial charge on any atom is 0.240 e. The van der Waals surface area contributed by atoms with Crippen molar-refractivity contribution in [2.75, 3.05) is 6.54 Å². The van der Waals surface area contributed by atoms with Crippen LogP contribution < -0.4 is 10.0 Å². The molecule has 0 spiro atoms. The molecule has 2 aromatic carbocycles. The van der Waals surface area contributed by atoms with Crippen molar-refractivity contribution in [3.8, 4) is 0 Å². The van der Waals surface area contributed by atoms with Crippen LogP contribution in [0.3, 0.4) is 0 Å². The average molecular weight is 407 g/mol. The number of carbonyl (C=O) groups excluding carboxylic acids is 1. The zero-order valence-electron chi connectivity index (χ0n) is 16.6. The van der Waals surface area contributed by atoms with Crippen LogP contribution in [0.25, 0.3) is 0 Å². The van der Waals surface area contributed by atoms with Gasteiger partial charge in [-0.3, -0.25) is 4.79 Å². The lowest BCUT2D eigenvalue weighted by molar-refractivity contribution is -0.121. The first-order valence-corrected chi connectivity index (χ1v) is 10.6. The van der Waals surface area contributed by atoms with Crippen molar-refractivity contribution in [3.05, 3.63) is 65.5 Å². The Labute approximate surface area is 166 Å². The second kappa shape index (κ2) is 8.84. The zero-order valence-corrected chi connectivity index (χ0v) is 17.4. The van der Waals surface area contributed by atoms with Gasteiger partial charge < -0.3 is 5.32 Å². The van der Waals surface area contributed by atoms with Gasteiger partial charge in [0.2, 0.25) is 15.9 Å². The van der Waals surface area contributed by atoms with Gasteiger partial charge in [-0.05, 0) is 47.7 Å². The number of hydrogen-bond donors (Lipinski definition) is 2. The predicted octanol–water partition coefficient (Wildman–Crippen LogP) is 3.67. The lowest BCUT2D eigenvalue weighted by Gasteiger charge is -2.19. The van der Waals surface area contributed by atoms with E-state index in [-0.39, 0.29) is 41.0 Å². The van der Waals surface area contributed by atoms with Crippen LogP contribution in [0.15, 0.2) is 53.4 Å². The van der Waals surface area contributed by atoms with Crippen molar-refractivity contribution in [1.82, 2.24) is 10.0 Å². The Bertz CT molecular complexity index is 902. The molecule has 1 atom stereocenters. The quantitative estimate of drug-likeness (QED) is 0.737. The molecule has 152 valence electrons. The Hall–Kier alpha value is -2.25. The highest BCUT2D eigenvalue weighted by Gasteiger charge is 2.18. The van der Waals surface area contributed by atoms with Crippen molar-refractivity contribution in [2.24, 2.45) is 0 Å². The van der Waals surface area contributed by atoms with Gasteiger partial charge in [0.25, 0.3) is 0 Å². The third kappa shape index (κ3) is 6.14. The first-order chi connectivity index (χ1) is 13.0. The van der Waals surface area contributed by atoms with Crippen LogP contribution in [0.5, 0.6) is 0 Å². The first kappa shape index (κ1) is 22.0. The maximum atomic E-state index is 13.0. The molecule has 1 amide bonds. The van der Waals surface area contributed by atoms with Crippen molar-refractivity contribution in [2.45, 2.75) is 50.5 Å². The Balaban J connectivity index is 1.87. The standard InChI is InChI=1S/C21H27FN2O3S/c1-15(16-5-9-18(22)10-6-16)24-20(25)13-14-23-28(26,27)19-11-7-17(8-12-19)21(2,3)4/h5-12,15,23H,13-14H2,1-4H3,(H,24,25). The molecule has 28 heavy (non-hydrogen) atoms. The third-order valence-electron chi connectivity index (χ3n) is 4.42. The molecule has 0 aliphatic rings. The fourth-order valence-corrected chi connectivity index (χ4v) is 3.70. The molecule has 0 fully saturated rings. The number of amides is 1. The van der Waals surface area contributed by atoms with Crippen LogP contribution in [0.4, 0.5) is 4.39 Å². The minimum Gasteiger partial charge on any atom is -0.350 e. The zero-order chi connectivity index (χ0) is 20.9. The van der Waals surface area contributed by atoms with Crippen LogP contribution in [-0.4, -0.2) is 20.9 Å². The van der Waals surface area contributed by atoms with Gasteiger partial charge in [-0.25, -0.2) is 17.5 Å². The van der Waals surface area contributed by atoms with Gasteiger partial charge in [0, 0.05) is 13.0 Å². The largest absolute Gasteiger partial charge is 0.350 e. The molecule has 0 bridgehead atoms. The summed E-state index contributed by atoms with van der Waals surface area (Å²) in [5, 5.41) is 2.77. The number of nitrogens with one attached hydrogen (secondary N) is 2. The Morgan fingerprint density at radius 3 is 2.14 bits per heavy atom. The smallest absolute Gasteiger partial charge is 0.240 e. The number of benzene rings is 2. The number of halogens is 1. The van der Waals surface area contributed by atoms with E-state index in [2.05, 4.69) is 30.8 Å². The molecule has 7 heteroatoms. The molecule has 0 aliphatic carbocycles. The van der Waals surface area contributed by atoms with E-state index in [1.807, 2.05) is 0 Å². The predicted molar refractivity (Wildman–Crippen MR) is 108 cm³/mol. The van der Waals surface area contributed by atoms with Crippen LogP contribution in [0.2, 0.25) is 0 Å². The van der Waals surface area contributed by atoms with E-state index in [4.69, 9.17) is 0 Å². The summed E-state index contributed by atoms with van der Waals surface area (Å²) < 4.78 is 40.1. The van der Waals surface area contributed by atoms with Gasteiger partial charge in [-0.15, -0.1) is 0 Å². The van der Waals surface area contributed by atoms with Gasteiger partial charge in [0.05, 0.1) is 10.9 Å². The minimum atomic E-state index is -3.68. The van der Waals surface area contributed by atoms with E-state index in [1.54, 1.807) is 43.3 Å². The molecule has 2 rings (SSSR count). The van der Waals surface area contributed by atoms with Crippen molar-refractivity contribution in [3.63, 3.8) is 0 Å². The van der Waals surface area contributed by atoms with E-state index >= 15 is 0 Å². The van der Waals surface area contributed by atoms with Gasteiger partial charge >= 0.3 is 0 Å². The summed E-state index contributed by atoms with van der Waals surface area (Å²) in [5.41, 5.74) is 1.75. The molecule has 5 nitrogen and oxygen atoms in total.